The maximum atomic E-state index is 13.0. The molecule has 16 heteroatoms. The average Bonchev–Trinajstić information content (AvgIpc) is 3.02. The van der Waals surface area contributed by atoms with Gasteiger partial charge < -0.3 is 47.0 Å². The van der Waals surface area contributed by atoms with Gasteiger partial charge in [-0.3, -0.25) is 24.0 Å². The largest absolute Gasteiger partial charge is 0.483 e. The Hall–Kier alpha value is -4.89. The smallest absolute Gasteiger partial charge is 0.326 e. The van der Waals surface area contributed by atoms with E-state index in [1.54, 1.807) is 23.1 Å². The number of carbonyl (C=O) groups is 7. The van der Waals surface area contributed by atoms with E-state index in [0.29, 0.717) is 48.2 Å². The molecule has 16 nitrogen and oxygen atoms in total. The van der Waals surface area contributed by atoms with Crippen molar-refractivity contribution in [2.24, 2.45) is 17.6 Å². The fourth-order valence-corrected chi connectivity index (χ4v) is 5.55. The number of primary amides is 1. The molecule has 262 valence electrons. The second-order valence-corrected chi connectivity index (χ2v) is 11.5. The van der Waals surface area contributed by atoms with Crippen LogP contribution < -0.4 is 16.8 Å². The first-order valence-corrected chi connectivity index (χ1v) is 15.5. The molecule has 1 atom stereocenters. The second kappa shape index (κ2) is 21.0. The zero-order valence-electron chi connectivity index (χ0n) is 26.6. The monoisotopic (exact) mass is 665 g/mol. The molecule has 1 unspecified atom stereocenters. The summed E-state index contributed by atoms with van der Waals surface area (Å²) in [6.07, 6.45) is 6.37. The van der Waals surface area contributed by atoms with Crippen molar-refractivity contribution in [3.63, 3.8) is 0 Å². The van der Waals surface area contributed by atoms with E-state index >= 15 is 0 Å². The van der Waals surface area contributed by atoms with Crippen LogP contribution >= 0.6 is 0 Å². The van der Waals surface area contributed by atoms with Crippen LogP contribution in [0.5, 0.6) is 0 Å². The molecule has 1 aromatic carbocycles. The number of nitrogens with two attached hydrogens (primary N) is 2. The number of benzene rings is 1. The van der Waals surface area contributed by atoms with Gasteiger partial charge in [-0.1, -0.05) is 19.8 Å². The Morgan fingerprint density at radius 1 is 0.830 bits per heavy atom. The molecule has 2 saturated heterocycles. The molecular weight excluding hydrogens is 618 g/mol. The predicted octanol–water partition coefficient (Wildman–Crippen LogP) is 2.31. The summed E-state index contributed by atoms with van der Waals surface area (Å²) in [6, 6.07) is 2.75. The summed E-state index contributed by atoms with van der Waals surface area (Å²) in [5, 5.41) is 34.4. The van der Waals surface area contributed by atoms with E-state index in [9.17, 15) is 28.8 Å². The van der Waals surface area contributed by atoms with Crippen molar-refractivity contribution < 1.29 is 54.0 Å². The number of hydrogen-bond donors (Lipinski definition) is 7. The van der Waals surface area contributed by atoms with Crippen LogP contribution in [0.1, 0.15) is 91.8 Å². The number of carbonyl (C=O) groups excluding carboxylic acids is 3. The Kier molecular flexibility index (Phi) is 17.9. The summed E-state index contributed by atoms with van der Waals surface area (Å²) >= 11 is 0. The zero-order chi connectivity index (χ0) is 35.5. The van der Waals surface area contributed by atoms with Gasteiger partial charge in [0.15, 0.2) is 0 Å². The molecule has 2 aliphatic heterocycles. The standard InChI is InChI=1S/C24H35N3O4.C6H10N2O5.CH2O2/c1-2-3-17-6-10-26(11-7-17)23(30)19-14-20(16-21(25)15-19)24(31)27-12-8-18(9-13-27)4-5-22(28)29;7-6(13)8-3(5(11)12)1-2-4(9)10;2-1-3/h14-18H,2-13,25H2,1H3,(H,28,29);3H,1-2H2,(H,9,10)(H,11,12)(H3,7,8,13);1H,(H,2,3). The van der Waals surface area contributed by atoms with E-state index in [1.165, 1.54) is 12.8 Å². The third-order valence-corrected chi connectivity index (χ3v) is 7.98. The molecule has 9 N–H and O–H groups in total. The van der Waals surface area contributed by atoms with E-state index in [1.807, 2.05) is 10.2 Å². The average molecular weight is 666 g/mol. The van der Waals surface area contributed by atoms with Crippen LogP contribution in [0.15, 0.2) is 18.2 Å². The molecule has 47 heavy (non-hydrogen) atoms. The van der Waals surface area contributed by atoms with Crippen molar-refractivity contribution in [2.75, 3.05) is 31.9 Å². The maximum absolute atomic E-state index is 13.0. The van der Waals surface area contributed by atoms with Crippen LogP contribution in [0, 0.1) is 11.8 Å². The lowest BCUT2D eigenvalue weighted by Gasteiger charge is -2.33. The van der Waals surface area contributed by atoms with E-state index in [0.717, 1.165) is 38.8 Å². The Labute approximate surface area is 273 Å². The van der Waals surface area contributed by atoms with Crippen molar-refractivity contribution in [1.82, 2.24) is 15.1 Å². The summed E-state index contributed by atoms with van der Waals surface area (Å²) < 4.78 is 0. The van der Waals surface area contributed by atoms with Gasteiger partial charge >= 0.3 is 23.9 Å². The lowest BCUT2D eigenvalue weighted by atomic mass is 9.91. The lowest BCUT2D eigenvalue weighted by Crippen LogP contribution is -2.43. The van der Waals surface area contributed by atoms with Gasteiger partial charge in [-0.2, -0.15) is 0 Å². The van der Waals surface area contributed by atoms with Crippen molar-refractivity contribution in [2.45, 2.75) is 77.2 Å². The number of likely N-dealkylation sites (tertiary alicyclic amines) is 2. The fourth-order valence-electron chi connectivity index (χ4n) is 5.55. The number of nitrogen functional groups attached to an aromatic ring is 1. The van der Waals surface area contributed by atoms with Crippen molar-refractivity contribution in [3.05, 3.63) is 29.3 Å². The Morgan fingerprint density at radius 2 is 1.26 bits per heavy atom. The molecule has 1 aromatic rings. The SMILES string of the molecule is CCCC1CCN(C(=O)c2cc(N)cc(C(=O)N3CCC(CCC(=O)O)CC3)c2)CC1.NC(=O)NC(CCC(=O)O)C(=O)O.O=CO. The van der Waals surface area contributed by atoms with Crippen LogP contribution in [0.25, 0.3) is 0 Å². The summed E-state index contributed by atoms with van der Waals surface area (Å²) in [4.78, 5) is 79.6. The van der Waals surface area contributed by atoms with Crippen molar-refractivity contribution >= 4 is 47.9 Å². The maximum Gasteiger partial charge on any atom is 0.326 e. The highest BCUT2D eigenvalue weighted by Gasteiger charge is 2.27. The van der Waals surface area contributed by atoms with Crippen LogP contribution in [-0.4, -0.2) is 105 Å². The number of anilines is 1. The molecule has 2 fully saturated rings. The van der Waals surface area contributed by atoms with Gasteiger partial charge in [0, 0.05) is 55.8 Å². The highest BCUT2D eigenvalue weighted by atomic mass is 16.4. The van der Waals surface area contributed by atoms with E-state index < -0.39 is 30.0 Å². The molecule has 0 spiro atoms. The molecule has 2 heterocycles. The summed E-state index contributed by atoms with van der Waals surface area (Å²) in [6.45, 7) is 4.66. The van der Waals surface area contributed by atoms with Crippen LogP contribution in [0.3, 0.4) is 0 Å². The number of carboxylic acids is 3. The number of rotatable bonds is 12. The molecule has 3 rings (SSSR count). The number of piperidine rings is 2. The molecular formula is C31H47N5O11. The van der Waals surface area contributed by atoms with Crippen molar-refractivity contribution in [1.29, 1.82) is 0 Å². The number of carboxylic acid groups (broad SMARTS) is 4. The minimum Gasteiger partial charge on any atom is -0.483 e. The third-order valence-electron chi connectivity index (χ3n) is 7.98. The summed E-state index contributed by atoms with van der Waals surface area (Å²) in [7, 11) is 0. The molecule has 0 aliphatic carbocycles. The van der Waals surface area contributed by atoms with Gasteiger partial charge in [-0.05, 0) is 68.6 Å². The topological polar surface area (TPSA) is 271 Å². The molecule has 0 radical (unpaired) electrons. The first-order chi connectivity index (χ1) is 22.2. The first-order valence-electron chi connectivity index (χ1n) is 15.5. The molecule has 0 saturated carbocycles. The Balaban J connectivity index is 0.000000578. The number of hydrogen-bond acceptors (Lipinski definition) is 8. The molecule has 4 amide bonds. The number of urea groups is 1. The van der Waals surface area contributed by atoms with Gasteiger partial charge in [-0.15, -0.1) is 0 Å². The quantitative estimate of drug-likeness (QED) is 0.125. The minimum absolute atomic E-state index is 0.0522. The van der Waals surface area contributed by atoms with Crippen LogP contribution in [0.4, 0.5) is 10.5 Å². The minimum atomic E-state index is -1.31. The van der Waals surface area contributed by atoms with Crippen LogP contribution in [0.2, 0.25) is 0 Å². The van der Waals surface area contributed by atoms with E-state index in [2.05, 4.69) is 12.7 Å². The number of amides is 4. The van der Waals surface area contributed by atoms with Gasteiger partial charge in [0.05, 0.1) is 0 Å². The second-order valence-electron chi connectivity index (χ2n) is 11.5. The van der Waals surface area contributed by atoms with E-state index in [-0.39, 0.29) is 37.5 Å². The van der Waals surface area contributed by atoms with Gasteiger partial charge in [-0.25, -0.2) is 9.59 Å². The van der Waals surface area contributed by atoms with Gasteiger partial charge in [0.2, 0.25) is 0 Å². The van der Waals surface area contributed by atoms with Gasteiger partial charge in [0.25, 0.3) is 18.3 Å². The predicted molar refractivity (Wildman–Crippen MR) is 170 cm³/mol. The molecule has 2 aliphatic rings. The highest BCUT2D eigenvalue weighted by Crippen LogP contribution is 2.26. The van der Waals surface area contributed by atoms with Crippen LogP contribution in [-0.2, 0) is 19.2 Å². The highest BCUT2D eigenvalue weighted by molar-refractivity contribution is 6.01. The zero-order valence-corrected chi connectivity index (χ0v) is 26.6. The Morgan fingerprint density at radius 3 is 1.62 bits per heavy atom. The number of nitrogens with one attached hydrogen (secondary N) is 1. The van der Waals surface area contributed by atoms with E-state index in [4.69, 9.17) is 31.0 Å². The van der Waals surface area contributed by atoms with Crippen molar-refractivity contribution in [3.8, 4) is 0 Å². The third kappa shape index (κ3) is 15.3. The molecule has 0 bridgehead atoms. The molecule has 0 aromatic heterocycles. The van der Waals surface area contributed by atoms with Gasteiger partial charge in [0.1, 0.15) is 6.04 Å². The first kappa shape index (κ1) is 40.1. The number of aliphatic carboxylic acids is 3. The summed E-state index contributed by atoms with van der Waals surface area (Å²) in [5.74, 6) is -2.33. The summed E-state index contributed by atoms with van der Waals surface area (Å²) in [5.41, 5.74) is 12.1. The fraction of sp³-hybridized carbons (Fsp3) is 0.581. The Bertz CT molecular complexity index is 1230. The number of nitrogens with zero attached hydrogens (tertiary/aromatic N) is 2. The normalized spacial score (nSPS) is 15.5. The lowest BCUT2D eigenvalue weighted by molar-refractivity contribution is -0.141.